The number of para-hydroxylation sites is 1. The standard InChI is InChI=1S/C29H30ClNO4/c1-17-26(29(33)35-21-10-3-4-11-21)27(18-8-7-9-20(30)14-18)28-23(31-17)15-19(16-24(28)32)22-12-5-6-13-25(22)34-2/h5-9,12-14,19,21,27,31H,3-4,10-11,15-16H2,1-2H3/t19-,27+/m1/s1. The number of dihydropyridines is 1. The molecule has 1 N–H and O–H groups in total. The van der Waals surface area contributed by atoms with E-state index in [1.165, 1.54) is 0 Å². The average molecular weight is 492 g/mol. The monoisotopic (exact) mass is 491 g/mol. The molecule has 0 aromatic heterocycles. The molecule has 0 radical (unpaired) electrons. The molecule has 1 saturated carbocycles. The molecule has 6 heteroatoms. The summed E-state index contributed by atoms with van der Waals surface area (Å²) in [6.45, 7) is 1.89. The number of hydrogen-bond donors (Lipinski definition) is 1. The van der Waals surface area contributed by atoms with Crippen molar-refractivity contribution in [1.29, 1.82) is 0 Å². The molecule has 5 rings (SSSR count). The molecule has 35 heavy (non-hydrogen) atoms. The second kappa shape index (κ2) is 9.90. The van der Waals surface area contributed by atoms with Gasteiger partial charge in [0, 0.05) is 40.2 Å². The first-order chi connectivity index (χ1) is 17.0. The Bertz CT molecular complexity index is 1220. The molecule has 5 nitrogen and oxygen atoms in total. The molecule has 0 spiro atoms. The van der Waals surface area contributed by atoms with Crippen LogP contribution in [0.3, 0.4) is 0 Å². The van der Waals surface area contributed by atoms with Crippen molar-refractivity contribution >= 4 is 23.4 Å². The SMILES string of the molecule is COc1ccccc1[C@H]1CC(=O)C2=C(C1)NC(C)=C(C(=O)OC1CCCC1)[C@@H]2c1cccc(Cl)c1. The van der Waals surface area contributed by atoms with Crippen LogP contribution in [0.15, 0.2) is 71.1 Å². The minimum atomic E-state index is -0.509. The lowest BCUT2D eigenvalue weighted by Gasteiger charge is -2.37. The number of esters is 1. The van der Waals surface area contributed by atoms with Gasteiger partial charge in [-0.05, 0) is 68.4 Å². The number of benzene rings is 2. The van der Waals surface area contributed by atoms with Gasteiger partial charge in [-0.15, -0.1) is 0 Å². The van der Waals surface area contributed by atoms with Gasteiger partial charge >= 0.3 is 5.97 Å². The van der Waals surface area contributed by atoms with Gasteiger partial charge in [0.15, 0.2) is 5.78 Å². The van der Waals surface area contributed by atoms with Crippen molar-refractivity contribution in [3.8, 4) is 5.75 Å². The Kier molecular flexibility index (Phi) is 6.70. The van der Waals surface area contributed by atoms with Gasteiger partial charge in [0.25, 0.3) is 0 Å². The van der Waals surface area contributed by atoms with Crippen LogP contribution in [0.25, 0.3) is 0 Å². The van der Waals surface area contributed by atoms with E-state index >= 15 is 0 Å². The second-order valence-corrected chi connectivity index (χ2v) is 10.1. The van der Waals surface area contributed by atoms with E-state index in [9.17, 15) is 9.59 Å². The molecule has 2 aliphatic carbocycles. The first-order valence-corrected chi connectivity index (χ1v) is 12.7. The third-order valence-electron chi connectivity index (χ3n) is 7.38. The topological polar surface area (TPSA) is 64.6 Å². The van der Waals surface area contributed by atoms with E-state index in [0.29, 0.717) is 29.0 Å². The Morgan fingerprint density at radius 3 is 2.57 bits per heavy atom. The third kappa shape index (κ3) is 4.62. The molecular weight excluding hydrogens is 462 g/mol. The number of nitrogens with one attached hydrogen (secondary N) is 1. The van der Waals surface area contributed by atoms with Gasteiger partial charge in [-0.2, -0.15) is 0 Å². The zero-order chi connectivity index (χ0) is 24.5. The summed E-state index contributed by atoms with van der Waals surface area (Å²) < 4.78 is 11.5. The zero-order valence-corrected chi connectivity index (χ0v) is 20.9. The number of ketones is 1. The van der Waals surface area contributed by atoms with Gasteiger partial charge in [-0.1, -0.05) is 41.9 Å². The largest absolute Gasteiger partial charge is 0.496 e. The highest BCUT2D eigenvalue weighted by atomic mass is 35.5. The Morgan fingerprint density at radius 2 is 1.83 bits per heavy atom. The fourth-order valence-electron chi connectivity index (χ4n) is 5.77. The fourth-order valence-corrected chi connectivity index (χ4v) is 5.97. The maximum absolute atomic E-state index is 13.8. The van der Waals surface area contributed by atoms with E-state index in [4.69, 9.17) is 21.1 Å². The molecular formula is C29H30ClNO4. The van der Waals surface area contributed by atoms with Crippen molar-refractivity contribution in [3.63, 3.8) is 0 Å². The van der Waals surface area contributed by atoms with Crippen LogP contribution in [-0.4, -0.2) is 25.0 Å². The van der Waals surface area contributed by atoms with Gasteiger partial charge < -0.3 is 14.8 Å². The lowest BCUT2D eigenvalue weighted by Crippen LogP contribution is -2.36. The van der Waals surface area contributed by atoms with Gasteiger partial charge in [-0.3, -0.25) is 4.79 Å². The van der Waals surface area contributed by atoms with Crippen LogP contribution in [0.1, 0.15) is 68.4 Å². The van der Waals surface area contributed by atoms with Crippen molar-refractivity contribution in [2.75, 3.05) is 7.11 Å². The Balaban J connectivity index is 1.55. The van der Waals surface area contributed by atoms with Gasteiger partial charge in [0.05, 0.1) is 12.7 Å². The van der Waals surface area contributed by atoms with Crippen LogP contribution in [0.5, 0.6) is 5.75 Å². The smallest absolute Gasteiger partial charge is 0.337 e. The summed E-state index contributed by atoms with van der Waals surface area (Å²) in [5.74, 6) is -0.0595. The number of rotatable bonds is 5. The summed E-state index contributed by atoms with van der Waals surface area (Å²) in [4.78, 5) is 27.2. The molecule has 0 amide bonds. The number of carbonyl (C=O) groups excluding carboxylic acids is 2. The second-order valence-electron chi connectivity index (χ2n) is 9.63. The van der Waals surface area contributed by atoms with Crippen molar-refractivity contribution in [2.45, 2.75) is 63.4 Å². The van der Waals surface area contributed by atoms with Gasteiger partial charge in [0.1, 0.15) is 11.9 Å². The molecule has 3 aliphatic rings. The average Bonchev–Trinajstić information content (AvgIpc) is 3.36. The number of hydrogen-bond acceptors (Lipinski definition) is 5. The Labute approximate surface area is 211 Å². The number of halogens is 1. The molecule has 182 valence electrons. The van der Waals surface area contributed by atoms with Crippen LogP contribution in [-0.2, 0) is 14.3 Å². The number of ether oxygens (including phenoxy) is 2. The molecule has 1 aliphatic heterocycles. The summed E-state index contributed by atoms with van der Waals surface area (Å²) in [5.41, 5.74) is 4.57. The van der Waals surface area contributed by atoms with E-state index in [1.807, 2.05) is 49.4 Å². The predicted molar refractivity (Wildman–Crippen MR) is 135 cm³/mol. The molecule has 1 fully saturated rings. The molecule has 2 aromatic rings. The van der Waals surface area contributed by atoms with Crippen LogP contribution in [0.2, 0.25) is 5.02 Å². The summed E-state index contributed by atoms with van der Waals surface area (Å²) in [6.07, 6.45) is 4.87. The Hall–Kier alpha value is -3.05. The first kappa shape index (κ1) is 23.7. The Morgan fingerprint density at radius 1 is 1.06 bits per heavy atom. The zero-order valence-electron chi connectivity index (χ0n) is 20.1. The minimum Gasteiger partial charge on any atom is -0.496 e. The minimum absolute atomic E-state index is 0.00954. The van der Waals surface area contributed by atoms with Crippen molar-refractivity contribution in [2.24, 2.45) is 0 Å². The van der Waals surface area contributed by atoms with Crippen LogP contribution in [0.4, 0.5) is 0 Å². The van der Waals surface area contributed by atoms with E-state index in [1.54, 1.807) is 13.2 Å². The highest BCUT2D eigenvalue weighted by Crippen LogP contribution is 2.47. The highest BCUT2D eigenvalue weighted by molar-refractivity contribution is 6.30. The summed E-state index contributed by atoms with van der Waals surface area (Å²) in [6, 6.07) is 15.3. The van der Waals surface area contributed by atoms with Crippen LogP contribution < -0.4 is 10.1 Å². The molecule has 1 heterocycles. The summed E-state index contributed by atoms with van der Waals surface area (Å²) >= 11 is 6.35. The van der Waals surface area contributed by atoms with E-state index in [-0.39, 0.29) is 23.8 Å². The van der Waals surface area contributed by atoms with Crippen LogP contribution in [0, 0.1) is 0 Å². The maximum Gasteiger partial charge on any atom is 0.337 e. The quantitative estimate of drug-likeness (QED) is 0.505. The molecule has 0 saturated heterocycles. The molecule has 2 atom stereocenters. The maximum atomic E-state index is 13.8. The lowest BCUT2D eigenvalue weighted by atomic mass is 9.71. The van der Waals surface area contributed by atoms with Gasteiger partial charge in [0.2, 0.25) is 0 Å². The molecule has 0 bridgehead atoms. The van der Waals surface area contributed by atoms with Crippen molar-refractivity contribution in [1.82, 2.24) is 5.32 Å². The molecule has 0 unspecified atom stereocenters. The predicted octanol–water partition coefficient (Wildman–Crippen LogP) is 6.20. The normalized spacial score (nSPS) is 22.7. The summed E-state index contributed by atoms with van der Waals surface area (Å²) in [5, 5.41) is 3.99. The first-order valence-electron chi connectivity index (χ1n) is 12.3. The number of Topliss-reactive ketones (excluding diaryl/α,β-unsaturated/α-hetero) is 1. The van der Waals surface area contributed by atoms with E-state index in [0.717, 1.165) is 54.0 Å². The lowest BCUT2D eigenvalue weighted by molar-refractivity contribution is -0.144. The third-order valence-corrected chi connectivity index (χ3v) is 7.62. The van der Waals surface area contributed by atoms with Crippen molar-refractivity contribution < 1.29 is 19.1 Å². The van der Waals surface area contributed by atoms with Crippen molar-refractivity contribution in [3.05, 3.63) is 87.2 Å². The highest BCUT2D eigenvalue weighted by Gasteiger charge is 2.42. The van der Waals surface area contributed by atoms with E-state index in [2.05, 4.69) is 5.32 Å². The number of methoxy groups -OCH3 is 1. The fraction of sp³-hybridized carbons (Fsp3) is 0.379. The number of carbonyl (C=O) groups is 2. The number of allylic oxidation sites excluding steroid dienone is 3. The molecule has 2 aromatic carbocycles. The van der Waals surface area contributed by atoms with Gasteiger partial charge in [-0.25, -0.2) is 4.79 Å². The summed E-state index contributed by atoms with van der Waals surface area (Å²) in [7, 11) is 1.65. The van der Waals surface area contributed by atoms with Crippen LogP contribution >= 0.6 is 11.6 Å². The van der Waals surface area contributed by atoms with E-state index < -0.39 is 5.92 Å².